The van der Waals surface area contributed by atoms with Crippen molar-refractivity contribution in [3.8, 4) is 11.8 Å². The van der Waals surface area contributed by atoms with Crippen molar-refractivity contribution in [1.82, 2.24) is 4.90 Å². The molecule has 1 aliphatic heterocycles. The Kier molecular flexibility index (Phi) is 5.15. The highest BCUT2D eigenvalue weighted by atomic mass is 16.5. The van der Waals surface area contributed by atoms with E-state index in [-0.39, 0.29) is 23.7 Å². The van der Waals surface area contributed by atoms with Crippen LogP contribution in [0.5, 0.6) is 5.75 Å². The SMILES string of the molecule is CC12CCC(O)CC1CC(N1CCCC(N)C1)C2Oc1ccc(C#N)cc1. The molecule has 27 heavy (non-hydrogen) atoms. The third-order valence-corrected chi connectivity index (χ3v) is 7.24. The predicted octanol–water partition coefficient (Wildman–Crippen LogP) is 2.67. The van der Waals surface area contributed by atoms with E-state index in [1.54, 1.807) is 0 Å². The molecule has 0 radical (unpaired) electrons. The van der Waals surface area contributed by atoms with Gasteiger partial charge >= 0.3 is 0 Å². The van der Waals surface area contributed by atoms with Gasteiger partial charge in [-0.25, -0.2) is 0 Å². The zero-order chi connectivity index (χ0) is 19.0. The van der Waals surface area contributed by atoms with E-state index in [4.69, 9.17) is 15.7 Å². The van der Waals surface area contributed by atoms with Gasteiger partial charge in [-0.3, -0.25) is 4.90 Å². The summed E-state index contributed by atoms with van der Waals surface area (Å²) in [5.41, 5.74) is 6.99. The van der Waals surface area contributed by atoms with Crippen molar-refractivity contribution in [2.24, 2.45) is 17.1 Å². The minimum Gasteiger partial charge on any atom is -0.488 e. The number of benzene rings is 1. The molecule has 1 heterocycles. The lowest BCUT2D eigenvalue weighted by Crippen LogP contribution is -2.54. The molecule has 3 fully saturated rings. The molecule has 1 aromatic carbocycles. The molecule has 3 N–H and O–H groups in total. The summed E-state index contributed by atoms with van der Waals surface area (Å²) in [5, 5.41) is 19.3. The zero-order valence-electron chi connectivity index (χ0n) is 16.2. The van der Waals surface area contributed by atoms with E-state index >= 15 is 0 Å². The number of piperidine rings is 1. The Morgan fingerprint density at radius 1 is 1.26 bits per heavy atom. The molecule has 2 aliphatic carbocycles. The Labute approximate surface area is 162 Å². The lowest BCUT2D eigenvalue weighted by Gasteiger charge is -2.44. The summed E-state index contributed by atoms with van der Waals surface area (Å²) in [4.78, 5) is 2.54. The van der Waals surface area contributed by atoms with Gasteiger partial charge in [0.15, 0.2) is 0 Å². The Morgan fingerprint density at radius 3 is 2.74 bits per heavy atom. The fraction of sp³-hybridized carbons (Fsp3) is 0.682. The van der Waals surface area contributed by atoms with Crippen LogP contribution in [0.3, 0.4) is 0 Å². The molecule has 0 bridgehead atoms. The van der Waals surface area contributed by atoms with Gasteiger partial charge in [0.25, 0.3) is 0 Å². The van der Waals surface area contributed by atoms with E-state index in [2.05, 4.69) is 17.9 Å². The smallest absolute Gasteiger partial charge is 0.120 e. The topological polar surface area (TPSA) is 82.5 Å². The Morgan fingerprint density at radius 2 is 2.04 bits per heavy atom. The maximum absolute atomic E-state index is 10.2. The van der Waals surface area contributed by atoms with Crippen LogP contribution in [0, 0.1) is 22.7 Å². The lowest BCUT2D eigenvalue weighted by atomic mass is 9.67. The maximum Gasteiger partial charge on any atom is 0.120 e. The third-order valence-electron chi connectivity index (χ3n) is 7.24. The summed E-state index contributed by atoms with van der Waals surface area (Å²) in [6.07, 6.45) is 5.95. The molecule has 2 saturated carbocycles. The number of hydrogen-bond donors (Lipinski definition) is 2. The molecule has 1 aromatic rings. The van der Waals surface area contributed by atoms with Crippen molar-refractivity contribution in [2.75, 3.05) is 13.1 Å². The van der Waals surface area contributed by atoms with Crippen LogP contribution in [-0.2, 0) is 0 Å². The van der Waals surface area contributed by atoms with E-state index in [0.717, 1.165) is 57.4 Å². The third kappa shape index (κ3) is 3.59. The van der Waals surface area contributed by atoms with Crippen LogP contribution in [-0.4, -0.2) is 47.4 Å². The number of ether oxygens (including phenoxy) is 1. The Bertz CT molecular complexity index is 701. The minimum absolute atomic E-state index is 0.0688. The molecule has 0 spiro atoms. The molecular weight excluding hydrogens is 338 g/mol. The molecule has 1 saturated heterocycles. The largest absolute Gasteiger partial charge is 0.488 e. The van der Waals surface area contributed by atoms with Gasteiger partial charge in [0.1, 0.15) is 11.9 Å². The van der Waals surface area contributed by atoms with Gasteiger partial charge in [0.2, 0.25) is 0 Å². The molecule has 0 amide bonds. The average molecular weight is 370 g/mol. The first-order valence-corrected chi connectivity index (χ1v) is 10.3. The second-order valence-electron chi connectivity index (χ2n) is 9.01. The Hall–Kier alpha value is -1.61. The van der Waals surface area contributed by atoms with Crippen LogP contribution >= 0.6 is 0 Å². The van der Waals surface area contributed by atoms with Crippen LogP contribution < -0.4 is 10.5 Å². The van der Waals surface area contributed by atoms with Gasteiger partial charge < -0.3 is 15.6 Å². The first-order chi connectivity index (χ1) is 13.0. The quantitative estimate of drug-likeness (QED) is 0.856. The molecule has 3 aliphatic rings. The van der Waals surface area contributed by atoms with Gasteiger partial charge in [-0.05, 0) is 75.3 Å². The highest BCUT2D eigenvalue weighted by Crippen LogP contribution is 2.54. The second-order valence-corrected chi connectivity index (χ2v) is 9.01. The monoisotopic (exact) mass is 369 g/mol. The highest BCUT2D eigenvalue weighted by Gasteiger charge is 2.57. The lowest BCUT2D eigenvalue weighted by molar-refractivity contribution is -0.0320. The average Bonchev–Trinajstić information content (AvgIpc) is 2.95. The number of rotatable bonds is 3. The number of nitriles is 1. The molecular formula is C22H31N3O2. The van der Waals surface area contributed by atoms with Crippen LogP contribution in [0.4, 0.5) is 0 Å². The predicted molar refractivity (Wildman–Crippen MR) is 104 cm³/mol. The van der Waals surface area contributed by atoms with Crippen LogP contribution in [0.25, 0.3) is 0 Å². The fourth-order valence-electron chi connectivity index (χ4n) is 5.64. The van der Waals surface area contributed by atoms with Gasteiger partial charge in [0.05, 0.1) is 17.7 Å². The Balaban J connectivity index is 1.60. The number of fused-ring (bicyclic) bond motifs is 1. The van der Waals surface area contributed by atoms with E-state index in [9.17, 15) is 5.11 Å². The normalized spacial score (nSPS) is 39.6. The molecule has 0 aromatic heterocycles. The molecule has 6 unspecified atom stereocenters. The van der Waals surface area contributed by atoms with Gasteiger partial charge in [-0.15, -0.1) is 0 Å². The summed E-state index contributed by atoms with van der Waals surface area (Å²) in [6.45, 7) is 4.36. The van der Waals surface area contributed by atoms with Gasteiger partial charge in [-0.1, -0.05) is 6.92 Å². The molecule has 4 rings (SSSR count). The summed E-state index contributed by atoms with van der Waals surface area (Å²) >= 11 is 0. The molecule has 5 heteroatoms. The fourth-order valence-corrected chi connectivity index (χ4v) is 5.64. The minimum atomic E-state index is -0.180. The van der Waals surface area contributed by atoms with Gasteiger partial charge in [-0.2, -0.15) is 5.26 Å². The van der Waals surface area contributed by atoms with Crippen LogP contribution in [0.15, 0.2) is 24.3 Å². The van der Waals surface area contributed by atoms with Crippen molar-refractivity contribution in [2.45, 2.75) is 69.7 Å². The summed E-state index contributed by atoms with van der Waals surface area (Å²) in [5.74, 6) is 1.31. The number of aliphatic hydroxyl groups is 1. The van der Waals surface area contributed by atoms with E-state index in [0.29, 0.717) is 17.5 Å². The first kappa shape index (κ1) is 18.7. The van der Waals surface area contributed by atoms with Crippen LogP contribution in [0.2, 0.25) is 0 Å². The molecule has 6 atom stereocenters. The zero-order valence-corrected chi connectivity index (χ0v) is 16.2. The standard InChI is InChI=1S/C22H31N3O2/c1-22-9-8-18(26)11-16(22)12-20(25-10-2-3-17(24)14-25)21(22)27-19-6-4-15(13-23)5-7-19/h4-7,16-18,20-21,26H,2-3,8-12,14,24H2,1H3. The maximum atomic E-state index is 10.2. The second kappa shape index (κ2) is 7.43. The summed E-state index contributed by atoms with van der Waals surface area (Å²) < 4.78 is 6.61. The summed E-state index contributed by atoms with van der Waals surface area (Å²) in [7, 11) is 0. The van der Waals surface area contributed by atoms with E-state index in [1.165, 1.54) is 0 Å². The number of aliphatic hydroxyl groups excluding tert-OH is 1. The molecule has 5 nitrogen and oxygen atoms in total. The van der Waals surface area contributed by atoms with E-state index in [1.807, 2.05) is 24.3 Å². The number of hydrogen-bond acceptors (Lipinski definition) is 5. The van der Waals surface area contributed by atoms with E-state index < -0.39 is 0 Å². The van der Waals surface area contributed by atoms with Gasteiger partial charge in [0, 0.05) is 24.0 Å². The number of nitrogens with two attached hydrogens (primary N) is 1. The molecule has 146 valence electrons. The van der Waals surface area contributed by atoms with Crippen molar-refractivity contribution >= 4 is 0 Å². The van der Waals surface area contributed by atoms with Crippen molar-refractivity contribution in [3.05, 3.63) is 29.8 Å². The van der Waals surface area contributed by atoms with Crippen molar-refractivity contribution in [1.29, 1.82) is 5.26 Å². The summed E-state index contributed by atoms with van der Waals surface area (Å²) in [6, 6.07) is 10.2. The highest BCUT2D eigenvalue weighted by molar-refractivity contribution is 5.35. The first-order valence-electron chi connectivity index (χ1n) is 10.3. The van der Waals surface area contributed by atoms with Crippen molar-refractivity contribution < 1.29 is 9.84 Å². The van der Waals surface area contributed by atoms with Crippen molar-refractivity contribution in [3.63, 3.8) is 0 Å². The number of likely N-dealkylation sites (tertiary alicyclic amines) is 1. The number of nitrogens with zero attached hydrogens (tertiary/aromatic N) is 2. The van der Waals surface area contributed by atoms with Crippen LogP contribution in [0.1, 0.15) is 51.0 Å².